The van der Waals surface area contributed by atoms with Gasteiger partial charge >= 0.3 is 5.97 Å². The van der Waals surface area contributed by atoms with Crippen LogP contribution in [0, 0.1) is 6.92 Å². The van der Waals surface area contributed by atoms with Crippen LogP contribution in [0.15, 0.2) is 39.3 Å². The lowest BCUT2D eigenvalue weighted by Crippen LogP contribution is -2.18. The number of aromatic hydroxyl groups is 1. The van der Waals surface area contributed by atoms with Gasteiger partial charge in [-0.15, -0.1) is 10.2 Å². The van der Waals surface area contributed by atoms with E-state index in [4.69, 9.17) is 4.74 Å². The van der Waals surface area contributed by atoms with Crippen LogP contribution in [0.1, 0.15) is 65.3 Å². The van der Waals surface area contributed by atoms with Crippen LogP contribution in [-0.4, -0.2) is 32.1 Å². The molecule has 36 heavy (non-hydrogen) atoms. The third kappa shape index (κ3) is 3.74. The number of nitrogens with zero attached hydrogens (tertiary/aromatic N) is 3. The van der Waals surface area contributed by atoms with E-state index in [1.165, 1.54) is 15.8 Å². The molecule has 0 saturated carbocycles. The van der Waals surface area contributed by atoms with Gasteiger partial charge in [-0.2, -0.15) is 0 Å². The number of aromatic nitrogens is 2. The second-order valence-electron chi connectivity index (χ2n) is 9.92. The number of carboxylic acids is 1. The number of carboxylic acid groups (broad SMARTS) is 1. The first kappa shape index (κ1) is 22.7. The lowest BCUT2D eigenvalue weighted by molar-refractivity contribution is -0.149. The molecule has 2 heterocycles. The standard InChI is InChI=1S/C27H28N4O5/c1-14-23(26(33)31(30-14)18-9-8-15-4-2-5-16(15)12-18)28-29-24-19-7-3-6-17(19)13-20(25(24)32)21-10-11-22(36-21)27(34)35/h8-9,12-13,21-22,30,32H,2-7,10-11H2,1H3,(H,34,35). The Morgan fingerprint density at radius 3 is 2.58 bits per heavy atom. The number of hydrogen-bond donors (Lipinski definition) is 3. The molecule has 0 radical (unpaired) electrons. The predicted molar refractivity (Wildman–Crippen MR) is 132 cm³/mol. The van der Waals surface area contributed by atoms with Crippen molar-refractivity contribution >= 4 is 17.3 Å². The summed E-state index contributed by atoms with van der Waals surface area (Å²) in [6.07, 6.45) is 5.24. The number of aryl methyl sites for hydroxylation is 4. The smallest absolute Gasteiger partial charge is 0.332 e. The largest absolute Gasteiger partial charge is 0.505 e. The average molecular weight is 489 g/mol. The van der Waals surface area contributed by atoms with Crippen molar-refractivity contribution in [2.45, 2.75) is 70.5 Å². The maximum atomic E-state index is 13.2. The van der Waals surface area contributed by atoms with Crippen LogP contribution < -0.4 is 5.56 Å². The van der Waals surface area contributed by atoms with E-state index < -0.39 is 18.2 Å². The van der Waals surface area contributed by atoms with Crippen LogP contribution in [0.4, 0.5) is 11.4 Å². The highest BCUT2D eigenvalue weighted by Crippen LogP contribution is 2.47. The first-order valence-corrected chi connectivity index (χ1v) is 12.5. The van der Waals surface area contributed by atoms with Gasteiger partial charge in [0.1, 0.15) is 11.4 Å². The van der Waals surface area contributed by atoms with Gasteiger partial charge in [0.15, 0.2) is 11.8 Å². The zero-order valence-electron chi connectivity index (χ0n) is 20.1. The van der Waals surface area contributed by atoms with Gasteiger partial charge in [-0.05, 0) is 98.7 Å². The summed E-state index contributed by atoms with van der Waals surface area (Å²) in [6, 6.07) is 7.98. The van der Waals surface area contributed by atoms with Crippen molar-refractivity contribution in [2.24, 2.45) is 10.2 Å². The summed E-state index contributed by atoms with van der Waals surface area (Å²) < 4.78 is 7.19. The molecular weight excluding hydrogens is 460 g/mol. The molecule has 1 aliphatic heterocycles. The second kappa shape index (κ2) is 8.74. The van der Waals surface area contributed by atoms with Gasteiger partial charge in [0.05, 0.1) is 17.5 Å². The van der Waals surface area contributed by atoms with Crippen molar-refractivity contribution in [2.75, 3.05) is 0 Å². The van der Waals surface area contributed by atoms with Gasteiger partial charge in [0, 0.05) is 5.56 Å². The van der Waals surface area contributed by atoms with Crippen molar-refractivity contribution in [3.63, 3.8) is 0 Å². The molecular formula is C27H28N4O5. The van der Waals surface area contributed by atoms with Gasteiger partial charge in [-0.3, -0.25) is 9.89 Å². The molecule has 186 valence electrons. The summed E-state index contributed by atoms with van der Waals surface area (Å²) in [5.74, 6) is -1.05. The predicted octanol–water partition coefficient (Wildman–Crippen LogP) is 4.88. The molecule has 2 aromatic carbocycles. The quantitative estimate of drug-likeness (QED) is 0.441. The normalized spacial score (nSPS) is 20.8. The fourth-order valence-corrected chi connectivity index (χ4v) is 5.77. The van der Waals surface area contributed by atoms with E-state index in [-0.39, 0.29) is 17.0 Å². The minimum Gasteiger partial charge on any atom is -0.505 e. The zero-order chi connectivity index (χ0) is 25.0. The number of nitrogens with one attached hydrogen (secondary N) is 1. The Morgan fingerprint density at radius 1 is 1.03 bits per heavy atom. The lowest BCUT2D eigenvalue weighted by Gasteiger charge is -2.17. The first-order chi connectivity index (χ1) is 17.4. The number of H-pyrrole nitrogens is 1. The summed E-state index contributed by atoms with van der Waals surface area (Å²) >= 11 is 0. The Balaban J connectivity index is 1.36. The van der Waals surface area contributed by atoms with E-state index in [0.29, 0.717) is 29.8 Å². The number of phenols is 1. The third-order valence-corrected chi connectivity index (χ3v) is 7.65. The topological polar surface area (TPSA) is 129 Å². The van der Waals surface area contributed by atoms with E-state index in [1.54, 1.807) is 6.92 Å². The summed E-state index contributed by atoms with van der Waals surface area (Å²) in [5.41, 5.74) is 6.69. The van der Waals surface area contributed by atoms with E-state index in [9.17, 15) is 19.8 Å². The molecule has 2 unspecified atom stereocenters. The number of ether oxygens (including phenoxy) is 1. The fraction of sp³-hybridized carbons (Fsp3) is 0.407. The summed E-state index contributed by atoms with van der Waals surface area (Å²) in [4.78, 5) is 24.6. The van der Waals surface area contributed by atoms with Gasteiger partial charge in [0.25, 0.3) is 5.56 Å². The molecule has 0 spiro atoms. The Hall–Kier alpha value is -3.72. The maximum Gasteiger partial charge on any atom is 0.332 e. The van der Waals surface area contributed by atoms with E-state index >= 15 is 0 Å². The Kier molecular flexibility index (Phi) is 5.52. The molecule has 3 aromatic rings. The maximum absolute atomic E-state index is 13.2. The highest BCUT2D eigenvalue weighted by Gasteiger charge is 2.35. The highest BCUT2D eigenvalue weighted by atomic mass is 16.5. The molecule has 9 nitrogen and oxygen atoms in total. The summed E-state index contributed by atoms with van der Waals surface area (Å²) in [7, 11) is 0. The minimum absolute atomic E-state index is 0.0532. The third-order valence-electron chi connectivity index (χ3n) is 7.65. The number of azo groups is 1. The van der Waals surface area contributed by atoms with Gasteiger partial charge < -0.3 is 14.9 Å². The zero-order valence-corrected chi connectivity index (χ0v) is 20.1. The van der Waals surface area contributed by atoms with E-state index in [0.717, 1.165) is 55.3 Å². The van der Waals surface area contributed by atoms with Crippen LogP contribution in [0.3, 0.4) is 0 Å². The highest BCUT2D eigenvalue weighted by molar-refractivity contribution is 5.73. The van der Waals surface area contributed by atoms with Crippen LogP contribution in [0.5, 0.6) is 5.75 Å². The summed E-state index contributed by atoms with van der Waals surface area (Å²) in [5, 5.41) is 32.3. The van der Waals surface area contributed by atoms with Crippen molar-refractivity contribution < 1.29 is 19.7 Å². The monoisotopic (exact) mass is 488 g/mol. The van der Waals surface area contributed by atoms with Crippen molar-refractivity contribution in [1.29, 1.82) is 0 Å². The molecule has 9 heteroatoms. The Morgan fingerprint density at radius 2 is 1.78 bits per heavy atom. The fourth-order valence-electron chi connectivity index (χ4n) is 5.77. The molecule has 3 N–H and O–H groups in total. The number of fused-ring (bicyclic) bond motifs is 2. The van der Waals surface area contributed by atoms with E-state index in [1.807, 2.05) is 12.1 Å². The number of carbonyl (C=O) groups is 1. The van der Waals surface area contributed by atoms with Crippen molar-refractivity contribution in [3.05, 3.63) is 68.1 Å². The molecule has 0 amide bonds. The van der Waals surface area contributed by atoms with Crippen LogP contribution in [0.2, 0.25) is 0 Å². The summed E-state index contributed by atoms with van der Waals surface area (Å²) in [6.45, 7) is 1.78. The molecule has 1 saturated heterocycles. The van der Waals surface area contributed by atoms with Gasteiger partial charge in [-0.1, -0.05) is 6.07 Å². The van der Waals surface area contributed by atoms with E-state index in [2.05, 4.69) is 27.5 Å². The number of rotatable bonds is 5. The molecule has 1 fully saturated rings. The minimum atomic E-state index is -0.999. The van der Waals surface area contributed by atoms with Gasteiger partial charge in [0.2, 0.25) is 0 Å². The molecule has 0 bridgehead atoms. The Labute approximate surface area is 207 Å². The Bertz CT molecular complexity index is 1470. The molecule has 1 aromatic heterocycles. The molecule has 3 aliphatic rings. The molecule has 2 aliphatic carbocycles. The number of aromatic amines is 1. The molecule has 6 rings (SSSR count). The number of hydrogen-bond acceptors (Lipinski definition) is 6. The van der Waals surface area contributed by atoms with Crippen LogP contribution in [0.25, 0.3) is 5.69 Å². The molecule has 2 atom stereocenters. The number of aliphatic carboxylic acids is 1. The number of benzene rings is 2. The van der Waals surface area contributed by atoms with Crippen molar-refractivity contribution in [3.8, 4) is 11.4 Å². The van der Waals surface area contributed by atoms with Crippen LogP contribution in [-0.2, 0) is 35.2 Å². The first-order valence-electron chi connectivity index (χ1n) is 12.5. The lowest BCUT2D eigenvalue weighted by atomic mass is 9.97. The van der Waals surface area contributed by atoms with Crippen molar-refractivity contribution in [1.82, 2.24) is 9.78 Å². The second-order valence-corrected chi connectivity index (χ2v) is 9.92. The average Bonchev–Trinajstić information content (AvgIpc) is 3.65. The van der Waals surface area contributed by atoms with Crippen LogP contribution >= 0.6 is 0 Å². The number of phenolic OH excluding ortho intramolecular Hbond substituents is 1. The SMILES string of the molecule is Cc1[nH]n(-c2ccc3c(c2)CCC3)c(=O)c1N=Nc1c(O)c(C2CCC(C(=O)O)O2)cc2c1CCC2. The van der Waals surface area contributed by atoms with Gasteiger partial charge in [-0.25, -0.2) is 9.48 Å².